The minimum absolute atomic E-state index is 0.420. The van der Waals surface area contributed by atoms with E-state index in [0.29, 0.717) is 13.0 Å². The Balaban J connectivity index is 3.02. The first kappa shape index (κ1) is 11.1. The molecule has 1 N–H and O–H groups in total. The fourth-order valence-electron chi connectivity index (χ4n) is 1.44. The van der Waals surface area contributed by atoms with Crippen LogP contribution in [0.5, 0.6) is 5.75 Å². The number of ether oxygens (including phenoxy) is 1. The molecule has 0 bridgehead atoms. The predicted octanol–water partition coefficient (Wildman–Crippen LogP) is 2.84. The molecular weight excluding hydrogens is 176 g/mol. The van der Waals surface area contributed by atoms with Gasteiger partial charge in [0.25, 0.3) is 0 Å². The first-order valence-corrected chi connectivity index (χ1v) is 5.10. The normalized spacial score (nSPS) is 12.6. The highest BCUT2D eigenvalue weighted by Gasteiger charge is 2.11. The minimum Gasteiger partial charge on any atom is -0.493 e. The third-order valence-electron chi connectivity index (χ3n) is 2.21. The van der Waals surface area contributed by atoms with Crippen LogP contribution in [-0.4, -0.2) is 11.7 Å². The van der Waals surface area contributed by atoms with E-state index in [9.17, 15) is 5.11 Å². The first-order chi connectivity index (χ1) is 6.69. The van der Waals surface area contributed by atoms with Crippen LogP contribution >= 0.6 is 0 Å². The molecule has 0 radical (unpaired) electrons. The molecule has 1 aromatic carbocycles. The Kier molecular flexibility index (Phi) is 3.96. The summed E-state index contributed by atoms with van der Waals surface area (Å²) in [5.41, 5.74) is 2.05. The second-order valence-electron chi connectivity index (χ2n) is 3.40. The average molecular weight is 194 g/mol. The summed E-state index contributed by atoms with van der Waals surface area (Å²) in [5.74, 6) is 0.799. The Hall–Kier alpha value is -1.02. The van der Waals surface area contributed by atoms with E-state index >= 15 is 0 Å². The molecule has 1 unspecified atom stereocenters. The summed E-state index contributed by atoms with van der Waals surface area (Å²) in [6, 6.07) is 5.91. The van der Waals surface area contributed by atoms with Gasteiger partial charge in [-0.2, -0.15) is 0 Å². The van der Waals surface area contributed by atoms with Gasteiger partial charge in [-0.1, -0.05) is 18.6 Å². The summed E-state index contributed by atoms with van der Waals surface area (Å²) in [6.07, 6.45) is 0.292. The van der Waals surface area contributed by atoms with E-state index < -0.39 is 6.10 Å². The quantitative estimate of drug-likeness (QED) is 0.798. The number of hydrogen-bond donors (Lipinski definition) is 1. The van der Waals surface area contributed by atoms with Crippen molar-refractivity contribution in [1.82, 2.24) is 0 Å². The number of hydrogen-bond acceptors (Lipinski definition) is 2. The standard InChI is InChI=1S/C12H18O2/c1-4-11(13)10-8-9(3)6-7-12(10)14-5-2/h6-8,11,13H,4-5H2,1-3H3. The van der Waals surface area contributed by atoms with Gasteiger partial charge in [0, 0.05) is 5.56 Å². The van der Waals surface area contributed by atoms with Crippen molar-refractivity contribution in [1.29, 1.82) is 0 Å². The Labute approximate surface area is 85.5 Å². The highest BCUT2D eigenvalue weighted by Crippen LogP contribution is 2.28. The SMILES string of the molecule is CCOc1ccc(C)cc1C(O)CC. The molecule has 2 nitrogen and oxygen atoms in total. The molecule has 0 saturated heterocycles. The second kappa shape index (κ2) is 5.01. The second-order valence-corrected chi connectivity index (χ2v) is 3.40. The van der Waals surface area contributed by atoms with Crippen molar-refractivity contribution in [2.24, 2.45) is 0 Å². The van der Waals surface area contributed by atoms with Gasteiger partial charge in [0.2, 0.25) is 0 Å². The molecule has 78 valence electrons. The molecule has 2 heteroatoms. The van der Waals surface area contributed by atoms with E-state index in [1.165, 1.54) is 0 Å². The number of benzene rings is 1. The zero-order valence-corrected chi connectivity index (χ0v) is 9.08. The number of aryl methyl sites for hydroxylation is 1. The van der Waals surface area contributed by atoms with Gasteiger partial charge in [-0.05, 0) is 32.4 Å². The van der Waals surface area contributed by atoms with E-state index in [1.54, 1.807) is 0 Å². The molecule has 1 rings (SSSR count). The Morgan fingerprint density at radius 3 is 2.64 bits per heavy atom. The van der Waals surface area contributed by atoms with Gasteiger partial charge < -0.3 is 9.84 Å². The number of rotatable bonds is 4. The maximum Gasteiger partial charge on any atom is 0.125 e. The Bertz CT molecular complexity index is 294. The summed E-state index contributed by atoms with van der Waals surface area (Å²) in [4.78, 5) is 0. The van der Waals surface area contributed by atoms with Gasteiger partial charge in [-0.25, -0.2) is 0 Å². The fraction of sp³-hybridized carbons (Fsp3) is 0.500. The van der Waals surface area contributed by atoms with E-state index in [4.69, 9.17) is 4.74 Å². The molecule has 0 saturated carbocycles. The van der Waals surface area contributed by atoms with Crippen molar-refractivity contribution in [3.05, 3.63) is 29.3 Å². The zero-order valence-electron chi connectivity index (χ0n) is 9.08. The van der Waals surface area contributed by atoms with Crippen LogP contribution in [0.4, 0.5) is 0 Å². The minimum atomic E-state index is -0.420. The van der Waals surface area contributed by atoms with Crippen molar-refractivity contribution in [2.75, 3.05) is 6.61 Å². The maximum absolute atomic E-state index is 9.78. The van der Waals surface area contributed by atoms with Crippen molar-refractivity contribution in [3.8, 4) is 5.75 Å². The summed E-state index contributed by atoms with van der Waals surface area (Å²) < 4.78 is 5.45. The molecule has 0 spiro atoms. The lowest BCUT2D eigenvalue weighted by atomic mass is 10.0. The molecule has 0 fully saturated rings. The summed E-state index contributed by atoms with van der Waals surface area (Å²) in [5, 5.41) is 9.78. The van der Waals surface area contributed by atoms with E-state index in [0.717, 1.165) is 16.9 Å². The predicted molar refractivity (Wildman–Crippen MR) is 57.6 cm³/mol. The molecule has 0 aliphatic carbocycles. The lowest BCUT2D eigenvalue weighted by Gasteiger charge is -2.14. The first-order valence-electron chi connectivity index (χ1n) is 5.10. The summed E-state index contributed by atoms with van der Waals surface area (Å²) >= 11 is 0. The van der Waals surface area contributed by atoms with E-state index in [-0.39, 0.29) is 0 Å². The van der Waals surface area contributed by atoms with E-state index in [2.05, 4.69) is 0 Å². The van der Waals surface area contributed by atoms with Crippen molar-refractivity contribution < 1.29 is 9.84 Å². The number of aliphatic hydroxyl groups excluding tert-OH is 1. The fourth-order valence-corrected chi connectivity index (χ4v) is 1.44. The maximum atomic E-state index is 9.78. The lowest BCUT2D eigenvalue weighted by molar-refractivity contribution is 0.167. The summed E-state index contributed by atoms with van der Waals surface area (Å²) in [7, 11) is 0. The molecule has 0 aromatic heterocycles. The Morgan fingerprint density at radius 2 is 2.07 bits per heavy atom. The van der Waals surface area contributed by atoms with Gasteiger partial charge in [-0.3, -0.25) is 0 Å². The van der Waals surface area contributed by atoms with Crippen LogP contribution in [0, 0.1) is 6.92 Å². The molecule has 1 aromatic rings. The van der Waals surface area contributed by atoms with Crippen molar-refractivity contribution in [2.45, 2.75) is 33.3 Å². The average Bonchev–Trinajstić information content (AvgIpc) is 2.20. The van der Waals surface area contributed by atoms with Gasteiger partial charge in [-0.15, -0.1) is 0 Å². The topological polar surface area (TPSA) is 29.5 Å². The van der Waals surface area contributed by atoms with Crippen LogP contribution < -0.4 is 4.74 Å². The molecule has 0 amide bonds. The van der Waals surface area contributed by atoms with Gasteiger partial charge in [0.1, 0.15) is 5.75 Å². The third-order valence-corrected chi connectivity index (χ3v) is 2.21. The molecule has 0 heterocycles. The molecule has 0 aliphatic heterocycles. The van der Waals surface area contributed by atoms with Crippen molar-refractivity contribution >= 4 is 0 Å². The van der Waals surface area contributed by atoms with Crippen LogP contribution in [0.25, 0.3) is 0 Å². The third kappa shape index (κ3) is 2.48. The number of aliphatic hydroxyl groups is 1. The van der Waals surface area contributed by atoms with Gasteiger partial charge in [0.05, 0.1) is 12.7 Å². The summed E-state index contributed by atoms with van der Waals surface area (Å²) in [6.45, 7) is 6.55. The van der Waals surface area contributed by atoms with E-state index in [1.807, 2.05) is 39.0 Å². The molecule has 14 heavy (non-hydrogen) atoms. The largest absolute Gasteiger partial charge is 0.493 e. The highest BCUT2D eigenvalue weighted by molar-refractivity contribution is 5.38. The monoisotopic (exact) mass is 194 g/mol. The van der Waals surface area contributed by atoms with Crippen LogP contribution in [0.3, 0.4) is 0 Å². The van der Waals surface area contributed by atoms with Crippen molar-refractivity contribution in [3.63, 3.8) is 0 Å². The lowest BCUT2D eigenvalue weighted by Crippen LogP contribution is -2.02. The van der Waals surface area contributed by atoms with Gasteiger partial charge in [0.15, 0.2) is 0 Å². The zero-order chi connectivity index (χ0) is 10.6. The van der Waals surface area contributed by atoms with Crippen LogP contribution in [-0.2, 0) is 0 Å². The molecule has 0 aliphatic rings. The smallest absolute Gasteiger partial charge is 0.125 e. The van der Waals surface area contributed by atoms with Crippen LogP contribution in [0.15, 0.2) is 18.2 Å². The van der Waals surface area contributed by atoms with Gasteiger partial charge >= 0.3 is 0 Å². The molecule has 1 atom stereocenters. The highest BCUT2D eigenvalue weighted by atomic mass is 16.5. The molecular formula is C12H18O2. The van der Waals surface area contributed by atoms with Crippen LogP contribution in [0.1, 0.15) is 37.5 Å². The van der Waals surface area contributed by atoms with Crippen LogP contribution in [0.2, 0.25) is 0 Å². The Morgan fingerprint density at radius 1 is 1.36 bits per heavy atom.